The van der Waals surface area contributed by atoms with E-state index in [1.807, 2.05) is 30.3 Å². The van der Waals surface area contributed by atoms with Crippen LogP contribution in [-0.4, -0.2) is 64.5 Å². The van der Waals surface area contributed by atoms with Gasteiger partial charge in [0.25, 0.3) is 5.91 Å². The minimum atomic E-state index is -1.43. The maximum absolute atomic E-state index is 13.4. The Morgan fingerprint density at radius 1 is 0.812 bits per heavy atom. The lowest BCUT2D eigenvalue weighted by Crippen LogP contribution is -2.49. The van der Waals surface area contributed by atoms with Gasteiger partial charge in [-0.05, 0) is 59.2 Å². The fourth-order valence-electron chi connectivity index (χ4n) is 3.93. The summed E-state index contributed by atoms with van der Waals surface area (Å²) < 4.78 is 10.8. The van der Waals surface area contributed by atoms with Gasteiger partial charge in [-0.3, -0.25) is 24.5 Å². The molecule has 3 aromatic rings. The molecule has 2 aromatic carbocycles. The number of benzene rings is 2. The van der Waals surface area contributed by atoms with Gasteiger partial charge in [-0.15, -0.1) is 11.3 Å². The number of hydrogen-bond acceptors (Lipinski definition) is 10. The first kappa shape index (κ1) is 37.2. The zero-order valence-corrected chi connectivity index (χ0v) is 28.4. The van der Waals surface area contributed by atoms with Crippen LogP contribution < -0.4 is 26.6 Å². The Labute approximate surface area is 282 Å². The second-order valence-electron chi connectivity index (χ2n) is 12.5. The van der Waals surface area contributed by atoms with Crippen LogP contribution >= 0.6 is 11.3 Å². The van der Waals surface area contributed by atoms with Crippen LogP contribution in [-0.2, 0) is 30.4 Å². The first-order chi connectivity index (χ1) is 22.5. The van der Waals surface area contributed by atoms with Crippen LogP contribution in [0.5, 0.6) is 0 Å². The monoisotopic (exact) mass is 680 g/mol. The van der Waals surface area contributed by atoms with E-state index in [0.29, 0.717) is 6.54 Å². The lowest BCUT2D eigenvalue weighted by atomic mass is 10.1. The molecule has 0 bridgehead atoms. The Balaban J connectivity index is 1.62. The third kappa shape index (κ3) is 12.8. The second-order valence-corrected chi connectivity index (χ2v) is 13.3. The van der Waals surface area contributed by atoms with Gasteiger partial charge >= 0.3 is 18.0 Å². The molecule has 0 radical (unpaired) electrons. The summed E-state index contributed by atoms with van der Waals surface area (Å²) in [5, 5.41) is 14.2. The average molecular weight is 681 g/mol. The van der Waals surface area contributed by atoms with Gasteiger partial charge in [0, 0.05) is 11.9 Å². The van der Waals surface area contributed by atoms with E-state index >= 15 is 0 Å². The van der Waals surface area contributed by atoms with Crippen LogP contribution in [0.4, 0.5) is 15.6 Å². The minimum absolute atomic E-state index is 0.0482. The largest absolute Gasteiger partial charge is 0.460 e. The zero-order chi connectivity index (χ0) is 35.5. The Morgan fingerprint density at radius 2 is 1.46 bits per heavy atom. The highest BCUT2D eigenvalue weighted by Crippen LogP contribution is 2.20. The van der Waals surface area contributed by atoms with E-state index in [1.165, 1.54) is 17.5 Å². The average Bonchev–Trinajstić information content (AvgIpc) is 3.46. The van der Waals surface area contributed by atoms with Gasteiger partial charge in [0.05, 0.1) is 24.2 Å². The molecular weight excluding hydrogens is 640 g/mol. The summed E-state index contributed by atoms with van der Waals surface area (Å²) in [5.41, 5.74) is -0.617. The predicted octanol–water partition coefficient (Wildman–Crippen LogP) is 4.01. The predicted molar refractivity (Wildman–Crippen MR) is 179 cm³/mol. The summed E-state index contributed by atoms with van der Waals surface area (Å²) in [6, 6.07) is 13.5. The number of aromatic nitrogens is 1. The molecule has 5 N–H and O–H groups in total. The number of nitrogens with one attached hydrogen (secondary N) is 5. The van der Waals surface area contributed by atoms with E-state index in [4.69, 9.17) is 9.47 Å². The van der Waals surface area contributed by atoms with Crippen molar-refractivity contribution in [3.8, 4) is 0 Å². The number of ether oxygens (including phenoxy) is 2. The molecule has 0 aliphatic rings. The van der Waals surface area contributed by atoms with Gasteiger partial charge in [-0.2, -0.15) is 0 Å². The van der Waals surface area contributed by atoms with Crippen molar-refractivity contribution in [2.45, 2.75) is 71.8 Å². The molecule has 256 valence electrons. The van der Waals surface area contributed by atoms with E-state index in [9.17, 15) is 28.8 Å². The summed E-state index contributed by atoms with van der Waals surface area (Å²) in [5.74, 6) is -3.75. The van der Waals surface area contributed by atoms with Gasteiger partial charge in [-0.1, -0.05) is 42.5 Å². The highest BCUT2D eigenvalue weighted by atomic mass is 32.1. The SMILES string of the molecule is CC(C)(C)OC(=O)C[C@H](NC(=O)CNC(=O)c1csc(NC(=O)NCc2ccccc2)n1)C(=O)Nc1ccccc1C(=O)OC(C)(C)C. The number of urea groups is 1. The van der Waals surface area contributed by atoms with E-state index in [0.717, 1.165) is 16.9 Å². The van der Waals surface area contributed by atoms with Crippen LogP contribution in [0, 0.1) is 0 Å². The molecule has 0 aliphatic carbocycles. The molecule has 3 rings (SSSR count). The quantitative estimate of drug-likeness (QED) is 0.176. The number of anilines is 2. The molecule has 0 saturated carbocycles. The first-order valence-corrected chi connectivity index (χ1v) is 15.8. The number of esters is 2. The van der Waals surface area contributed by atoms with Crippen molar-refractivity contribution >= 4 is 57.8 Å². The third-order valence-electron chi connectivity index (χ3n) is 5.91. The van der Waals surface area contributed by atoms with Crippen molar-refractivity contribution in [3.63, 3.8) is 0 Å². The van der Waals surface area contributed by atoms with Crippen LogP contribution in [0.2, 0.25) is 0 Å². The van der Waals surface area contributed by atoms with Gasteiger partial charge in [0.2, 0.25) is 11.8 Å². The summed E-state index contributed by atoms with van der Waals surface area (Å²) in [7, 11) is 0. The maximum Gasteiger partial charge on any atom is 0.340 e. The summed E-state index contributed by atoms with van der Waals surface area (Å²) in [4.78, 5) is 80.6. The molecule has 15 heteroatoms. The third-order valence-corrected chi connectivity index (χ3v) is 6.67. The summed E-state index contributed by atoms with van der Waals surface area (Å²) in [6.45, 7) is 9.80. The molecule has 0 aliphatic heterocycles. The molecule has 0 saturated heterocycles. The number of para-hydroxylation sites is 1. The molecule has 14 nitrogen and oxygen atoms in total. The molecule has 1 atom stereocenters. The molecule has 1 heterocycles. The smallest absolute Gasteiger partial charge is 0.340 e. The number of hydrogen-bond donors (Lipinski definition) is 5. The molecular formula is C33H40N6O8S. The molecule has 5 amide bonds. The number of carbonyl (C=O) groups is 6. The molecule has 0 unspecified atom stereocenters. The highest BCUT2D eigenvalue weighted by molar-refractivity contribution is 7.14. The molecule has 48 heavy (non-hydrogen) atoms. The van der Waals surface area contributed by atoms with Crippen LogP contribution in [0.15, 0.2) is 60.0 Å². The fourth-order valence-corrected chi connectivity index (χ4v) is 4.62. The van der Waals surface area contributed by atoms with Crippen LogP contribution in [0.1, 0.15) is 74.4 Å². The first-order valence-electron chi connectivity index (χ1n) is 15.0. The topological polar surface area (TPSA) is 194 Å². The lowest BCUT2D eigenvalue weighted by Gasteiger charge is -2.23. The van der Waals surface area contributed by atoms with Crippen LogP contribution in [0.25, 0.3) is 0 Å². The molecule has 0 spiro atoms. The van der Waals surface area contributed by atoms with Gasteiger partial charge in [0.15, 0.2) is 5.13 Å². The van der Waals surface area contributed by atoms with Crippen molar-refractivity contribution in [2.24, 2.45) is 0 Å². The number of carbonyl (C=O) groups excluding carboxylic acids is 6. The van der Waals surface area contributed by atoms with E-state index in [1.54, 1.807) is 53.7 Å². The second kappa shape index (κ2) is 16.5. The highest BCUT2D eigenvalue weighted by Gasteiger charge is 2.29. The number of amides is 5. The van der Waals surface area contributed by atoms with Gasteiger partial charge in [-0.25, -0.2) is 14.6 Å². The van der Waals surface area contributed by atoms with Crippen LogP contribution in [0.3, 0.4) is 0 Å². The number of nitrogens with zero attached hydrogens (tertiary/aromatic N) is 1. The van der Waals surface area contributed by atoms with E-state index in [-0.39, 0.29) is 22.1 Å². The van der Waals surface area contributed by atoms with Crippen molar-refractivity contribution < 1.29 is 38.2 Å². The van der Waals surface area contributed by atoms with Gasteiger partial charge < -0.3 is 30.7 Å². The summed E-state index contributed by atoms with van der Waals surface area (Å²) in [6.07, 6.45) is -0.537. The Kier molecular flexibility index (Phi) is 12.8. The standard InChI is InChI=1S/C33H40N6O8S/c1-32(2,3)46-26(41)16-23(28(43)37-22-15-11-10-14-21(22)29(44)47-33(4,5)6)36-25(40)18-34-27(42)24-19-48-31(38-24)39-30(45)35-17-20-12-8-7-9-13-20/h7-15,19,23H,16-18H2,1-6H3,(H,34,42)(H,36,40)(H,37,43)(H2,35,38,39,45)/t23-/m0/s1. The maximum atomic E-state index is 13.4. The van der Waals surface area contributed by atoms with Crippen molar-refractivity contribution in [1.82, 2.24) is 20.9 Å². The zero-order valence-electron chi connectivity index (χ0n) is 27.6. The Bertz CT molecular complexity index is 1630. The Hall–Kier alpha value is -5.31. The Morgan fingerprint density at radius 3 is 2.12 bits per heavy atom. The van der Waals surface area contributed by atoms with Gasteiger partial charge in [0.1, 0.15) is 22.9 Å². The summed E-state index contributed by atoms with van der Waals surface area (Å²) >= 11 is 1.01. The van der Waals surface area contributed by atoms with Crippen molar-refractivity contribution in [1.29, 1.82) is 0 Å². The van der Waals surface area contributed by atoms with Crippen molar-refractivity contribution in [2.75, 3.05) is 17.2 Å². The number of thiazole rings is 1. The molecule has 1 aromatic heterocycles. The normalized spacial score (nSPS) is 11.8. The number of rotatable bonds is 12. The lowest BCUT2D eigenvalue weighted by molar-refractivity contribution is -0.156. The molecule has 0 fully saturated rings. The van der Waals surface area contributed by atoms with E-state index in [2.05, 4.69) is 31.6 Å². The van der Waals surface area contributed by atoms with E-state index < -0.39 is 65.9 Å². The van der Waals surface area contributed by atoms with Crippen molar-refractivity contribution in [3.05, 3.63) is 76.8 Å². The fraction of sp³-hybridized carbons (Fsp3) is 0.364. The minimum Gasteiger partial charge on any atom is -0.460 e.